The highest BCUT2D eigenvalue weighted by Crippen LogP contribution is 2.30. The van der Waals surface area contributed by atoms with Gasteiger partial charge in [0.15, 0.2) is 0 Å². The van der Waals surface area contributed by atoms with Gasteiger partial charge in [0.1, 0.15) is 5.54 Å². The number of benzene rings is 1. The molecular formula is C17H20N2O4S. The van der Waals surface area contributed by atoms with Crippen molar-refractivity contribution in [3.63, 3.8) is 0 Å². The Kier molecular flexibility index (Phi) is 5.03. The van der Waals surface area contributed by atoms with Crippen molar-refractivity contribution in [3.8, 4) is 0 Å². The number of likely N-dealkylation sites (N-methyl/N-ethyl adjacent to an activating group) is 1. The summed E-state index contributed by atoms with van der Waals surface area (Å²) in [6.45, 7) is 3.32. The summed E-state index contributed by atoms with van der Waals surface area (Å²) in [5.74, 6) is -1.37. The van der Waals surface area contributed by atoms with Crippen molar-refractivity contribution in [2.75, 3.05) is 7.05 Å². The van der Waals surface area contributed by atoms with Crippen molar-refractivity contribution < 1.29 is 19.5 Å². The van der Waals surface area contributed by atoms with Crippen LogP contribution in [-0.4, -0.2) is 56.3 Å². The lowest BCUT2D eigenvalue weighted by molar-refractivity contribution is -0.138. The van der Waals surface area contributed by atoms with Gasteiger partial charge in [0, 0.05) is 18.3 Å². The fourth-order valence-corrected chi connectivity index (χ4v) is 2.99. The molecule has 0 bridgehead atoms. The smallest absolute Gasteiger partial charge is 0.328 e. The van der Waals surface area contributed by atoms with E-state index in [0.717, 1.165) is 4.90 Å². The number of carboxylic acids is 1. The first kappa shape index (κ1) is 18.1. The zero-order valence-electron chi connectivity index (χ0n) is 13.9. The van der Waals surface area contributed by atoms with Crippen LogP contribution in [0.25, 0.3) is 0 Å². The molecule has 1 aliphatic heterocycles. The maximum atomic E-state index is 12.7. The van der Waals surface area contributed by atoms with Gasteiger partial charge < -0.3 is 10.0 Å². The number of carbonyl (C=O) groups excluding carboxylic acids is 2. The summed E-state index contributed by atoms with van der Waals surface area (Å²) in [4.78, 5) is 39.2. The summed E-state index contributed by atoms with van der Waals surface area (Å²) < 4.78 is 0. The molecule has 1 fully saturated rings. The Labute approximate surface area is 146 Å². The molecule has 7 heteroatoms. The van der Waals surface area contributed by atoms with Gasteiger partial charge in [-0.3, -0.25) is 14.5 Å². The zero-order valence-corrected chi connectivity index (χ0v) is 14.7. The van der Waals surface area contributed by atoms with Crippen molar-refractivity contribution in [3.05, 3.63) is 35.9 Å². The van der Waals surface area contributed by atoms with E-state index in [9.17, 15) is 14.4 Å². The molecule has 0 aliphatic carbocycles. The second kappa shape index (κ2) is 6.68. The maximum absolute atomic E-state index is 12.7. The molecule has 128 valence electrons. The Hall–Kier alpha value is -2.28. The molecular weight excluding hydrogens is 328 g/mol. The molecule has 1 heterocycles. The van der Waals surface area contributed by atoms with E-state index in [4.69, 9.17) is 17.3 Å². The Morgan fingerprint density at radius 1 is 1.25 bits per heavy atom. The zero-order chi connectivity index (χ0) is 18.1. The van der Waals surface area contributed by atoms with Crippen LogP contribution in [0.3, 0.4) is 0 Å². The van der Waals surface area contributed by atoms with E-state index in [2.05, 4.69) is 0 Å². The minimum Gasteiger partial charge on any atom is -0.481 e. The molecule has 1 N–H and O–H groups in total. The number of urea groups is 1. The number of carbonyl (C=O) groups is 3. The number of imide groups is 1. The quantitative estimate of drug-likeness (QED) is 0.485. The lowest BCUT2D eigenvalue weighted by atomic mass is 9.98. The topological polar surface area (TPSA) is 77.9 Å². The first-order valence-electron chi connectivity index (χ1n) is 7.60. The second-order valence-electron chi connectivity index (χ2n) is 6.25. The number of amides is 3. The van der Waals surface area contributed by atoms with Gasteiger partial charge in [-0.1, -0.05) is 42.5 Å². The first-order valence-corrected chi connectivity index (χ1v) is 8.01. The van der Waals surface area contributed by atoms with E-state index in [0.29, 0.717) is 10.4 Å². The van der Waals surface area contributed by atoms with E-state index in [-0.39, 0.29) is 18.7 Å². The van der Waals surface area contributed by atoms with Gasteiger partial charge in [0.05, 0.1) is 6.04 Å². The van der Waals surface area contributed by atoms with Crippen LogP contribution in [0.5, 0.6) is 0 Å². The monoisotopic (exact) mass is 348 g/mol. The van der Waals surface area contributed by atoms with Crippen LogP contribution in [0, 0.1) is 0 Å². The Morgan fingerprint density at radius 2 is 1.83 bits per heavy atom. The number of aliphatic carboxylic acids is 1. The van der Waals surface area contributed by atoms with Gasteiger partial charge in [0.2, 0.25) is 0 Å². The Morgan fingerprint density at radius 3 is 2.29 bits per heavy atom. The molecule has 0 saturated carbocycles. The fraction of sp³-hybridized carbons (Fsp3) is 0.412. The van der Waals surface area contributed by atoms with Gasteiger partial charge >= 0.3 is 12.0 Å². The highest BCUT2D eigenvalue weighted by Gasteiger charge is 2.52. The van der Waals surface area contributed by atoms with Crippen molar-refractivity contribution >= 4 is 35.0 Å². The third-order valence-electron chi connectivity index (χ3n) is 4.38. The Balaban J connectivity index is 2.40. The minimum atomic E-state index is -0.998. The average molecular weight is 348 g/mol. The molecule has 1 aromatic carbocycles. The number of rotatable bonds is 6. The average Bonchev–Trinajstić information content (AvgIpc) is 2.70. The molecule has 6 nitrogen and oxygen atoms in total. The maximum Gasteiger partial charge on any atom is 0.328 e. The molecule has 2 rings (SSSR count). The fourth-order valence-electron chi connectivity index (χ4n) is 2.63. The summed E-state index contributed by atoms with van der Waals surface area (Å²) in [6, 6.07) is 7.80. The van der Waals surface area contributed by atoms with Crippen LogP contribution in [-0.2, 0) is 9.59 Å². The van der Waals surface area contributed by atoms with Crippen molar-refractivity contribution in [2.45, 2.75) is 38.3 Å². The molecule has 0 aromatic heterocycles. The Bertz CT molecular complexity index is 687. The lowest BCUT2D eigenvalue weighted by Gasteiger charge is -2.26. The van der Waals surface area contributed by atoms with Gasteiger partial charge in [-0.2, -0.15) is 0 Å². The summed E-state index contributed by atoms with van der Waals surface area (Å²) >= 11 is 5.49. The predicted octanol–water partition coefficient (Wildman–Crippen LogP) is 2.31. The van der Waals surface area contributed by atoms with Crippen LogP contribution in [0.2, 0.25) is 0 Å². The lowest BCUT2D eigenvalue weighted by Crippen LogP contribution is -2.46. The summed E-state index contributed by atoms with van der Waals surface area (Å²) in [6.07, 6.45) is -0.0939. The number of nitrogens with zero attached hydrogens (tertiary/aromatic N) is 2. The van der Waals surface area contributed by atoms with Gasteiger partial charge in [-0.05, 0) is 25.8 Å². The SMILES string of the molecule is CN1C(=O)N(C(CCC(=O)O)C(=S)c2ccccc2)C(=O)C1(C)C. The van der Waals surface area contributed by atoms with Gasteiger partial charge in [-0.25, -0.2) is 4.79 Å². The molecule has 24 heavy (non-hydrogen) atoms. The van der Waals surface area contributed by atoms with E-state index in [1.54, 1.807) is 45.2 Å². The summed E-state index contributed by atoms with van der Waals surface area (Å²) in [5, 5.41) is 9.00. The highest BCUT2D eigenvalue weighted by molar-refractivity contribution is 7.81. The largest absolute Gasteiger partial charge is 0.481 e. The van der Waals surface area contributed by atoms with E-state index in [1.807, 2.05) is 6.07 Å². The standard InChI is InChI=1S/C17H20N2O4S/c1-17(2)15(22)19(16(23)18(17)3)12(9-10-13(20)21)14(24)11-7-5-4-6-8-11/h4-8,12H,9-10H2,1-3H3,(H,20,21). The van der Waals surface area contributed by atoms with Crippen LogP contribution in [0.4, 0.5) is 4.79 Å². The number of thiocarbonyl (C=S) groups is 1. The van der Waals surface area contributed by atoms with Gasteiger partial charge in [-0.15, -0.1) is 0 Å². The summed E-state index contributed by atoms with van der Waals surface area (Å²) in [7, 11) is 1.56. The molecule has 1 aliphatic rings. The van der Waals surface area contributed by atoms with Crippen molar-refractivity contribution in [1.82, 2.24) is 9.80 Å². The molecule has 0 radical (unpaired) electrons. The van der Waals surface area contributed by atoms with Crippen LogP contribution in [0.15, 0.2) is 30.3 Å². The predicted molar refractivity (Wildman–Crippen MR) is 92.9 cm³/mol. The van der Waals surface area contributed by atoms with Crippen molar-refractivity contribution in [1.29, 1.82) is 0 Å². The molecule has 1 atom stereocenters. The molecule has 1 saturated heterocycles. The molecule has 1 aromatic rings. The molecule has 3 amide bonds. The third-order valence-corrected chi connectivity index (χ3v) is 4.89. The first-order chi connectivity index (χ1) is 11.2. The number of hydrogen-bond donors (Lipinski definition) is 1. The van der Waals surface area contributed by atoms with Crippen molar-refractivity contribution in [2.24, 2.45) is 0 Å². The van der Waals surface area contributed by atoms with E-state index < -0.39 is 23.6 Å². The number of hydrogen-bond acceptors (Lipinski definition) is 4. The molecule has 1 unspecified atom stereocenters. The second-order valence-corrected chi connectivity index (χ2v) is 6.69. The number of carboxylic acid groups (broad SMARTS) is 1. The van der Waals surface area contributed by atoms with Gasteiger partial charge in [0.25, 0.3) is 5.91 Å². The highest BCUT2D eigenvalue weighted by atomic mass is 32.1. The minimum absolute atomic E-state index is 0.0878. The van der Waals surface area contributed by atoms with Crippen LogP contribution < -0.4 is 0 Å². The van der Waals surface area contributed by atoms with E-state index in [1.165, 1.54) is 4.90 Å². The molecule has 0 spiro atoms. The summed E-state index contributed by atoms with van der Waals surface area (Å²) in [5.41, 5.74) is -0.277. The third kappa shape index (κ3) is 3.17. The van der Waals surface area contributed by atoms with Crippen LogP contribution in [0.1, 0.15) is 32.3 Å². The van der Waals surface area contributed by atoms with Crippen LogP contribution >= 0.6 is 12.2 Å². The van der Waals surface area contributed by atoms with E-state index >= 15 is 0 Å². The normalized spacial score (nSPS) is 18.0.